The molecule has 1 atom stereocenters. The molecule has 2 heterocycles. The Hall–Kier alpha value is -1.70. The first-order valence-electron chi connectivity index (χ1n) is 8.56. The Morgan fingerprint density at radius 1 is 1.32 bits per heavy atom. The van der Waals surface area contributed by atoms with Crippen LogP contribution in [0.5, 0.6) is 0 Å². The molecule has 1 fully saturated rings. The smallest absolute Gasteiger partial charge is 0.151 e. The molecule has 0 saturated carbocycles. The molecule has 1 aromatic carbocycles. The van der Waals surface area contributed by atoms with Gasteiger partial charge in [-0.05, 0) is 44.0 Å². The van der Waals surface area contributed by atoms with E-state index in [1.54, 1.807) is 0 Å². The van der Waals surface area contributed by atoms with Crippen molar-refractivity contribution in [2.75, 3.05) is 24.7 Å². The lowest BCUT2D eigenvalue weighted by molar-refractivity contribution is 0.153. The van der Waals surface area contributed by atoms with E-state index in [1.165, 1.54) is 0 Å². The first-order valence-corrected chi connectivity index (χ1v) is 10.4. The molecule has 1 N–H and O–H groups in total. The molecule has 0 aliphatic carbocycles. The van der Waals surface area contributed by atoms with Crippen LogP contribution in [0, 0.1) is 13.8 Å². The quantitative estimate of drug-likeness (QED) is 0.841. The summed E-state index contributed by atoms with van der Waals surface area (Å²) in [5.41, 5.74) is 4.12. The fourth-order valence-corrected chi connectivity index (χ4v) is 5.26. The molecule has 0 bridgehead atoms. The summed E-state index contributed by atoms with van der Waals surface area (Å²) in [6.45, 7) is 5.11. The Balaban J connectivity index is 1.81. The molecule has 25 heavy (non-hydrogen) atoms. The van der Waals surface area contributed by atoms with Crippen molar-refractivity contribution in [3.63, 3.8) is 0 Å². The predicted octanol–water partition coefficient (Wildman–Crippen LogP) is 1.47. The zero-order valence-electron chi connectivity index (χ0n) is 14.7. The molecule has 0 spiro atoms. The molecule has 0 unspecified atom stereocenters. The van der Waals surface area contributed by atoms with Crippen LogP contribution in [0.2, 0.25) is 0 Å². The third-order valence-corrected chi connectivity index (χ3v) is 6.41. The standard InChI is InChI=1S/C18H25N3O3S/c1-14-10-15(2)21(19-14)17-5-3-4-16(11-17)12-20(7-8-22)18-6-9-25(23,24)13-18/h3-5,10-11,18,22H,6-9,12-13H2,1-2H3/t18-/m1/s1. The number of aromatic nitrogens is 2. The number of aliphatic hydroxyl groups excluding tert-OH is 1. The molecule has 2 aromatic rings. The molecule has 6 nitrogen and oxygen atoms in total. The van der Waals surface area contributed by atoms with Gasteiger partial charge in [-0.1, -0.05) is 12.1 Å². The van der Waals surface area contributed by atoms with Gasteiger partial charge in [-0.15, -0.1) is 0 Å². The van der Waals surface area contributed by atoms with Crippen LogP contribution >= 0.6 is 0 Å². The highest BCUT2D eigenvalue weighted by atomic mass is 32.2. The number of aliphatic hydroxyl groups is 1. The van der Waals surface area contributed by atoms with Crippen molar-refractivity contribution in [3.05, 3.63) is 47.3 Å². The van der Waals surface area contributed by atoms with Gasteiger partial charge in [0.25, 0.3) is 0 Å². The van der Waals surface area contributed by atoms with Crippen LogP contribution < -0.4 is 0 Å². The molecule has 3 rings (SSSR count). The normalized spacial score (nSPS) is 19.6. The summed E-state index contributed by atoms with van der Waals surface area (Å²) in [5, 5.41) is 13.9. The minimum Gasteiger partial charge on any atom is -0.395 e. The van der Waals surface area contributed by atoms with Crippen molar-refractivity contribution in [3.8, 4) is 5.69 Å². The molecule has 1 aliphatic heterocycles. The van der Waals surface area contributed by atoms with E-state index >= 15 is 0 Å². The van der Waals surface area contributed by atoms with E-state index in [2.05, 4.69) is 16.1 Å². The van der Waals surface area contributed by atoms with Crippen LogP contribution in [0.4, 0.5) is 0 Å². The number of nitrogens with zero attached hydrogens (tertiary/aromatic N) is 3. The van der Waals surface area contributed by atoms with E-state index < -0.39 is 9.84 Å². The number of aryl methyl sites for hydroxylation is 2. The third-order valence-electron chi connectivity index (χ3n) is 4.66. The molecular formula is C18H25N3O3S. The van der Waals surface area contributed by atoms with Crippen LogP contribution in [0.15, 0.2) is 30.3 Å². The van der Waals surface area contributed by atoms with Crippen LogP contribution in [0.3, 0.4) is 0 Å². The van der Waals surface area contributed by atoms with Crippen molar-refractivity contribution < 1.29 is 13.5 Å². The van der Waals surface area contributed by atoms with E-state index in [9.17, 15) is 13.5 Å². The average molecular weight is 363 g/mol. The monoisotopic (exact) mass is 363 g/mol. The van der Waals surface area contributed by atoms with E-state index in [-0.39, 0.29) is 24.2 Å². The van der Waals surface area contributed by atoms with Crippen molar-refractivity contribution >= 4 is 9.84 Å². The van der Waals surface area contributed by atoms with Gasteiger partial charge in [0, 0.05) is 24.8 Å². The second-order valence-electron chi connectivity index (χ2n) is 6.76. The van der Waals surface area contributed by atoms with Gasteiger partial charge in [-0.25, -0.2) is 13.1 Å². The molecule has 1 aromatic heterocycles. The SMILES string of the molecule is Cc1cc(C)n(-c2cccc(CN(CCO)[C@@H]3CCS(=O)(=O)C3)c2)n1. The first-order chi connectivity index (χ1) is 11.9. The van der Waals surface area contributed by atoms with Crippen LogP contribution in [0.1, 0.15) is 23.4 Å². The molecule has 0 amide bonds. The van der Waals surface area contributed by atoms with Gasteiger partial charge in [-0.3, -0.25) is 4.90 Å². The maximum atomic E-state index is 11.8. The first kappa shape index (κ1) is 18.1. The molecule has 7 heteroatoms. The van der Waals surface area contributed by atoms with Crippen molar-refractivity contribution in [2.45, 2.75) is 32.9 Å². The van der Waals surface area contributed by atoms with Crippen LogP contribution in [-0.4, -0.2) is 58.9 Å². The minimum atomic E-state index is -2.94. The summed E-state index contributed by atoms with van der Waals surface area (Å²) in [5.74, 6) is 0.426. The van der Waals surface area contributed by atoms with Crippen molar-refractivity contribution in [1.82, 2.24) is 14.7 Å². The highest BCUT2D eigenvalue weighted by Crippen LogP contribution is 2.21. The largest absolute Gasteiger partial charge is 0.395 e. The van der Waals surface area contributed by atoms with E-state index in [1.807, 2.05) is 42.8 Å². The highest BCUT2D eigenvalue weighted by Gasteiger charge is 2.32. The predicted molar refractivity (Wildman–Crippen MR) is 97.6 cm³/mol. The van der Waals surface area contributed by atoms with E-state index in [4.69, 9.17) is 0 Å². The number of rotatable bonds is 6. The summed E-state index contributed by atoms with van der Waals surface area (Å²) in [6.07, 6.45) is 0.638. The topological polar surface area (TPSA) is 75.4 Å². The summed E-state index contributed by atoms with van der Waals surface area (Å²) in [7, 11) is -2.94. The maximum absolute atomic E-state index is 11.8. The Morgan fingerprint density at radius 2 is 2.12 bits per heavy atom. The molecule has 0 radical (unpaired) electrons. The number of benzene rings is 1. The van der Waals surface area contributed by atoms with Crippen molar-refractivity contribution in [2.24, 2.45) is 0 Å². The maximum Gasteiger partial charge on any atom is 0.151 e. The van der Waals surface area contributed by atoms with Gasteiger partial charge in [0.2, 0.25) is 0 Å². The summed E-state index contributed by atoms with van der Waals surface area (Å²) in [6, 6.07) is 10.1. The van der Waals surface area contributed by atoms with Gasteiger partial charge in [-0.2, -0.15) is 5.10 Å². The lowest BCUT2D eigenvalue weighted by atomic mass is 10.1. The molecular weight excluding hydrogens is 338 g/mol. The van der Waals surface area contributed by atoms with Gasteiger partial charge in [0.15, 0.2) is 9.84 Å². The molecule has 1 aliphatic rings. The highest BCUT2D eigenvalue weighted by molar-refractivity contribution is 7.91. The summed E-state index contributed by atoms with van der Waals surface area (Å²) >= 11 is 0. The Bertz CT molecular complexity index is 845. The van der Waals surface area contributed by atoms with Crippen LogP contribution in [0.25, 0.3) is 5.69 Å². The zero-order chi connectivity index (χ0) is 18.0. The molecule has 1 saturated heterocycles. The number of hydrogen-bond donors (Lipinski definition) is 1. The fourth-order valence-electron chi connectivity index (χ4n) is 3.49. The Morgan fingerprint density at radius 3 is 2.72 bits per heavy atom. The lowest BCUT2D eigenvalue weighted by Crippen LogP contribution is -2.37. The van der Waals surface area contributed by atoms with Gasteiger partial charge in [0.05, 0.1) is 29.5 Å². The van der Waals surface area contributed by atoms with Gasteiger partial charge < -0.3 is 5.11 Å². The summed E-state index contributed by atoms with van der Waals surface area (Å²) in [4.78, 5) is 2.07. The second kappa shape index (κ2) is 7.27. The average Bonchev–Trinajstić information content (AvgIpc) is 3.08. The molecule has 136 valence electrons. The zero-order valence-corrected chi connectivity index (χ0v) is 15.5. The lowest BCUT2D eigenvalue weighted by Gasteiger charge is -2.27. The van der Waals surface area contributed by atoms with E-state index in [0.29, 0.717) is 19.5 Å². The summed E-state index contributed by atoms with van der Waals surface area (Å²) < 4.78 is 25.5. The third kappa shape index (κ3) is 4.29. The number of sulfone groups is 1. The minimum absolute atomic E-state index is 0.0190. The fraction of sp³-hybridized carbons (Fsp3) is 0.500. The Kier molecular flexibility index (Phi) is 5.27. The Labute approximate surface area is 149 Å². The van der Waals surface area contributed by atoms with Gasteiger partial charge >= 0.3 is 0 Å². The second-order valence-corrected chi connectivity index (χ2v) is 8.99. The van der Waals surface area contributed by atoms with Crippen molar-refractivity contribution in [1.29, 1.82) is 0 Å². The van der Waals surface area contributed by atoms with Gasteiger partial charge in [0.1, 0.15) is 0 Å². The van der Waals surface area contributed by atoms with Crippen LogP contribution in [-0.2, 0) is 16.4 Å². The van der Waals surface area contributed by atoms with E-state index in [0.717, 1.165) is 22.6 Å². The number of hydrogen-bond acceptors (Lipinski definition) is 5.